The SMILES string of the molecule is CCCN(CC1CCNCC1)c1nc2ccc(C)cn2n1. The molecule has 3 heterocycles. The maximum atomic E-state index is 4.70. The summed E-state index contributed by atoms with van der Waals surface area (Å²) in [6, 6.07) is 4.13. The molecule has 2 aromatic heterocycles. The molecule has 1 fully saturated rings. The van der Waals surface area contributed by atoms with Gasteiger partial charge in [-0.25, -0.2) is 4.52 Å². The summed E-state index contributed by atoms with van der Waals surface area (Å²) in [6.45, 7) is 8.69. The molecule has 0 aromatic carbocycles. The van der Waals surface area contributed by atoms with Gasteiger partial charge in [0.15, 0.2) is 5.65 Å². The van der Waals surface area contributed by atoms with E-state index in [9.17, 15) is 0 Å². The van der Waals surface area contributed by atoms with Gasteiger partial charge in [0.05, 0.1) is 0 Å². The average Bonchev–Trinajstić information content (AvgIpc) is 2.91. The van der Waals surface area contributed by atoms with Crippen LogP contribution in [0.5, 0.6) is 0 Å². The maximum absolute atomic E-state index is 4.70. The van der Waals surface area contributed by atoms with E-state index in [4.69, 9.17) is 4.98 Å². The van der Waals surface area contributed by atoms with E-state index in [-0.39, 0.29) is 0 Å². The zero-order chi connectivity index (χ0) is 14.7. The molecule has 5 nitrogen and oxygen atoms in total. The molecule has 0 amide bonds. The minimum absolute atomic E-state index is 0.756. The number of anilines is 1. The van der Waals surface area contributed by atoms with E-state index in [0.717, 1.165) is 50.1 Å². The number of aryl methyl sites for hydroxylation is 1. The zero-order valence-electron chi connectivity index (χ0n) is 13.0. The summed E-state index contributed by atoms with van der Waals surface area (Å²) in [5, 5.41) is 8.11. The molecule has 2 aromatic rings. The van der Waals surface area contributed by atoms with Crippen LogP contribution in [0.3, 0.4) is 0 Å². The Hall–Kier alpha value is -1.62. The van der Waals surface area contributed by atoms with Crippen LogP contribution in [0.25, 0.3) is 5.65 Å². The van der Waals surface area contributed by atoms with Gasteiger partial charge >= 0.3 is 0 Å². The lowest BCUT2D eigenvalue weighted by atomic mass is 9.97. The van der Waals surface area contributed by atoms with Crippen molar-refractivity contribution in [2.45, 2.75) is 33.1 Å². The van der Waals surface area contributed by atoms with Gasteiger partial charge in [-0.05, 0) is 56.8 Å². The molecule has 0 radical (unpaired) electrons. The van der Waals surface area contributed by atoms with Gasteiger partial charge in [0.1, 0.15) is 0 Å². The number of aromatic nitrogens is 3. The van der Waals surface area contributed by atoms with Crippen LogP contribution in [0.4, 0.5) is 5.95 Å². The fourth-order valence-corrected chi connectivity index (χ4v) is 3.03. The van der Waals surface area contributed by atoms with E-state index in [2.05, 4.69) is 35.2 Å². The molecule has 0 saturated carbocycles. The Kier molecular flexibility index (Phi) is 4.39. The average molecular weight is 287 g/mol. The van der Waals surface area contributed by atoms with Crippen LogP contribution in [0.15, 0.2) is 18.3 Å². The summed E-state index contributed by atoms with van der Waals surface area (Å²) in [7, 11) is 0. The van der Waals surface area contributed by atoms with Crippen LogP contribution in [-0.2, 0) is 0 Å². The normalized spacial score (nSPS) is 16.5. The summed E-state index contributed by atoms with van der Waals surface area (Å²) in [5.74, 6) is 1.63. The third-order valence-corrected chi connectivity index (χ3v) is 4.18. The molecule has 0 spiro atoms. The van der Waals surface area contributed by atoms with Gasteiger partial charge in [-0.2, -0.15) is 4.98 Å². The number of pyridine rings is 1. The zero-order valence-corrected chi connectivity index (χ0v) is 13.0. The van der Waals surface area contributed by atoms with E-state index < -0.39 is 0 Å². The minimum Gasteiger partial charge on any atom is -0.339 e. The lowest BCUT2D eigenvalue weighted by Gasteiger charge is -2.29. The standard InChI is InChI=1S/C16H25N5/c1-3-10-20(12-14-6-8-17-9-7-14)16-18-15-5-4-13(2)11-21(15)19-16/h4-5,11,14,17H,3,6-10,12H2,1-2H3. The Morgan fingerprint density at radius 3 is 2.90 bits per heavy atom. The molecule has 1 aliphatic rings. The van der Waals surface area contributed by atoms with Gasteiger partial charge in [-0.3, -0.25) is 0 Å². The summed E-state index contributed by atoms with van der Waals surface area (Å²) in [6.07, 6.45) is 5.68. The van der Waals surface area contributed by atoms with Crippen LogP contribution < -0.4 is 10.2 Å². The van der Waals surface area contributed by atoms with Crippen LogP contribution in [-0.4, -0.2) is 40.8 Å². The topological polar surface area (TPSA) is 45.5 Å². The quantitative estimate of drug-likeness (QED) is 0.916. The Morgan fingerprint density at radius 2 is 2.14 bits per heavy atom. The van der Waals surface area contributed by atoms with Crippen LogP contribution >= 0.6 is 0 Å². The largest absolute Gasteiger partial charge is 0.339 e. The molecule has 0 bridgehead atoms. The summed E-state index contributed by atoms with van der Waals surface area (Å²) < 4.78 is 1.90. The molecule has 0 aliphatic carbocycles. The highest BCUT2D eigenvalue weighted by Crippen LogP contribution is 2.18. The lowest BCUT2D eigenvalue weighted by Crippen LogP contribution is -2.37. The molecule has 3 rings (SSSR count). The van der Waals surface area contributed by atoms with Crippen molar-refractivity contribution in [3.8, 4) is 0 Å². The first-order chi connectivity index (χ1) is 10.3. The smallest absolute Gasteiger partial charge is 0.245 e. The number of fused-ring (bicyclic) bond motifs is 1. The predicted octanol–water partition coefficient (Wildman–Crippen LogP) is 2.25. The molecule has 1 saturated heterocycles. The highest BCUT2D eigenvalue weighted by Gasteiger charge is 2.19. The van der Waals surface area contributed by atoms with Gasteiger partial charge < -0.3 is 10.2 Å². The Labute approximate surface area is 126 Å². The van der Waals surface area contributed by atoms with E-state index >= 15 is 0 Å². The molecule has 21 heavy (non-hydrogen) atoms. The van der Waals surface area contributed by atoms with Crippen molar-refractivity contribution in [3.63, 3.8) is 0 Å². The number of rotatable bonds is 5. The Morgan fingerprint density at radius 1 is 1.33 bits per heavy atom. The van der Waals surface area contributed by atoms with Gasteiger partial charge in [-0.15, -0.1) is 5.10 Å². The van der Waals surface area contributed by atoms with Crippen molar-refractivity contribution in [1.29, 1.82) is 0 Å². The second-order valence-corrected chi connectivity index (χ2v) is 6.06. The molecule has 0 unspecified atom stereocenters. The highest BCUT2D eigenvalue weighted by atomic mass is 15.4. The van der Waals surface area contributed by atoms with E-state index in [0.29, 0.717) is 0 Å². The molecule has 114 valence electrons. The fraction of sp³-hybridized carbons (Fsp3) is 0.625. The summed E-state index contributed by atoms with van der Waals surface area (Å²) in [5.41, 5.74) is 2.14. The first kappa shape index (κ1) is 14.3. The van der Waals surface area contributed by atoms with Crippen molar-refractivity contribution in [3.05, 3.63) is 23.9 Å². The fourth-order valence-electron chi connectivity index (χ4n) is 3.03. The summed E-state index contributed by atoms with van der Waals surface area (Å²) in [4.78, 5) is 7.06. The van der Waals surface area contributed by atoms with Crippen LogP contribution in [0, 0.1) is 12.8 Å². The van der Waals surface area contributed by atoms with Crippen molar-refractivity contribution >= 4 is 11.6 Å². The summed E-state index contributed by atoms with van der Waals surface area (Å²) >= 11 is 0. The Balaban J connectivity index is 1.80. The molecular weight excluding hydrogens is 262 g/mol. The monoisotopic (exact) mass is 287 g/mol. The molecule has 0 atom stereocenters. The number of nitrogens with one attached hydrogen (secondary N) is 1. The first-order valence-corrected chi connectivity index (χ1v) is 8.05. The highest BCUT2D eigenvalue weighted by molar-refractivity contribution is 5.45. The maximum Gasteiger partial charge on any atom is 0.245 e. The Bertz CT molecular complexity index is 585. The second-order valence-electron chi connectivity index (χ2n) is 6.06. The van der Waals surface area contributed by atoms with Crippen LogP contribution in [0.1, 0.15) is 31.7 Å². The molecule has 1 aliphatic heterocycles. The number of piperidine rings is 1. The minimum atomic E-state index is 0.756. The van der Waals surface area contributed by atoms with E-state index in [1.807, 2.05) is 16.8 Å². The van der Waals surface area contributed by atoms with Gasteiger partial charge in [-0.1, -0.05) is 13.0 Å². The van der Waals surface area contributed by atoms with Gasteiger partial charge in [0.25, 0.3) is 0 Å². The third-order valence-electron chi connectivity index (χ3n) is 4.18. The van der Waals surface area contributed by atoms with Crippen LogP contribution in [0.2, 0.25) is 0 Å². The molecule has 1 N–H and O–H groups in total. The van der Waals surface area contributed by atoms with Crippen molar-refractivity contribution in [2.24, 2.45) is 5.92 Å². The van der Waals surface area contributed by atoms with E-state index in [1.54, 1.807) is 0 Å². The first-order valence-electron chi connectivity index (χ1n) is 8.05. The predicted molar refractivity (Wildman–Crippen MR) is 85.8 cm³/mol. The second kappa shape index (κ2) is 6.43. The third kappa shape index (κ3) is 3.35. The molecular formula is C16H25N5. The number of nitrogens with zero attached hydrogens (tertiary/aromatic N) is 4. The van der Waals surface area contributed by atoms with Crippen molar-refractivity contribution < 1.29 is 0 Å². The lowest BCUT2D eigenvalue weighted by molar-refractivity contribution is 0.372. The molecule has 5 heteroatoms. The van der Waals surface area contributed by atoms with Gasteiger partial charge in [0.2, 0.25) is 5.95 Å². The van der Waals surface area contributed by atoms with Crippen molar-refractivity contribution in [2.75, 3.05) is 31.1 Å². The van der Waals surface area contributed by atoms with Gasteiger partial charge in [0, 0.05) is 19.3 Å². The van der Waals surface area contributed by atoms with Crippen molar-refractivity contribution in [1.82, 2.24) is 19.9 Å². The van der Waals surface area contributed by atoms with E-state index in [1.165, 1.54) is 18.4 Å². The number of hydrogen-bond acceptors (Lipinski definition) is 4. The number of hydrogen-bond donors (Lipinski definition) is 1.